The predicted molar refractivity (Wildman–Crippen MR) is 62.1 cm³/mol. The minimum Gasteiger partial charge on any atom is -0.276 e. The van der Waals surface area contributed by atoms with Crippen LogP contribution in [0.4, 0.5) is 0 Å². The van der Waals surface area contributed by atoms with Crippen molar-refractivity contribution in [3.63, 3.8) is 0 Å². The Morgan fingerprint density at radius 3 is 2.71 bits per heavy atom. The van der Waals surface area contributed by atoms with Gasteiger partial charge in [-0.15, -0.1) is 0 Å². The number of halogens is 1. The zero-order valence-corrected chi connectivity index (χ0v) is 10.7. The van der Waals surface area contributed by atoms with Crippen molar-refractivity contribution in [2.75, 3.05) is 0 Å². The van der Waals surface area contributed by atoms with Crippen molar-refractivity contribution in [3.05, 3.63) is 0 Å². The topological polar surface area (TPSA) is 20.3 Å². The quantitative estimate of drug-likeness (QED) is 0.713. The lowest BCUT2D eigenvalue weighted by Gasteiger charge is -2.33. The lowest BCUT2D eigenvalue weighted by molar-refractivity contribution is -0.127. The molecular formula is C11H20BrNO. The molecule has 2 nitrogen and oxygen atoms in total. The van der Waals surface area contributed by atoms with E-state index in [4.69, 9.17) is 0 Å². The highest BCUT2D eigenvalue weighted by molar-refractivity contribution is 9.07. The zero-order chi connectivity index (χ0) is 10.6. The van der Waals surface area contributed by atoms with E-state index in [1.54, 1.807) is 3.93 Å². The molecule has 1 aliphatic rings. The van der Waals surface area contributed by atoms with Crippen LogP contribution in [0.2, 0.25) is 0 Å². The van der Waals surface area contributed by atoms with Gasteiger partial charge in [-0.3, -0.25) is 8.72 Å². The number of hydrogen-bond acceptors (Lipinski definition) is 1. The number of rotatable bonds is 3. The molecule has 1 amide bonds. The summed E-state index contributed by atoms with van der Waals surface area (Å²) in [6.45, 7) is 4.16. The first-order valence-electron chi connectivity index (χ1n) is 5.66. The van der Waals surface area contributed by atoms with Crippen LogP contribution < -0.4 is 0 Å². The van der Waals surface area contributed by atoms with E-state index < -0.39 is 0 Å². The van der Waals surface area contributed by atoms with Crippen LogP contribution in [0.15, 0.2) is 0 Å². The molecule has 0 aromatic heterocycles. The van der Waals surface area contributed by atoms with Gasteiger partial charge in [0.1, 0.15) is 0 Å². The van der Waals surface area contributed by atoms with Crippen LogP contribution in [0.25, 0.3) is 0 Å². The summed E-state index contributed by atoms with van der Waals surface area (Å²) in [5, 5.41) is 0. The Morgan fingerprint density at radius 2 is 2.14 bits per heavy atom. The molecule has 1 saturated carbocycles. The summed E-state index contributed by atoms with van der Waals surface area (Å²) in [5.74, 6) is 1.03. The van der Waals surface area contributed by atoms with Crippen molar-refractivity contribution in [1.82, 2.24) is 3.93 Å². The van der Waals surface area contributed by atoms with Crippen LogP contribution >= 0.6 is 16.1 Å². The van der Waals surface area contributed by atoms with Gasteiger partial charge in [-0.25, -0.2) is 0 Å². The molecule has 82 valence electrons. The van der Waals surface area contributed by atoms with Gasteiger partial charge in [0, 0.05) is 12.5 Å². The smallest absolute Gasteiger partial charge is 0.232 e. The second-order valence-electron chi connectivity index (χ2n) is 4.15. The first kappa shape index (κ1) is 12.0. The number of amides is 1. The first-order valence-corrected chi connectivity index (χ1v) is 6.37. The van der Waals surface area contributed by atoms with E-state index in [1.165, 1.54) is 25.7 Å². The standard InChI is InChI=1S/C11H20BrNO/c1-3-9-6-5-7-10(8-9)13(12)11(14)4-2/h9-10H,3-8H2,1-2H3. The summed E-state index contributed by atoms with van der Waals surface area (Å²) < 4.78 is 1.79. The van der Waals surface area contributed by atoms with Crippen molar-refractivity contribution < 1.29 is 4.79 Å². The zero-order valence-electron chi connectivity index (χ0n) is 9.13. The average molecular weight is 262 g/mol. The maximum atomic E-state index is 11.5. The second kappa shape index (κ2) is 5.74. The van der Waals surface area contributed by atoms with Gasteiger partial charge >= 0.3 is 0 Å². The van der Waals surface area contributed by atoms with Crippen molar-refractivity contribution >= 4 is 22.1 Å². The Hall–Kier alpha value is -0.0500. The predicted octanol–water partition coefficient (Wildman–Crippen LogP) is 3.50. The SMILES string of the molecule is CCC(=O)N(Br)C1CCCC(CC)C1. The summed E-state index contributed by atoms with van der Waals surface area (Å²) in [4.78, 5) is 11.5. The third-order valence-electron chi connectivity index (χ3n) is 3.19. The average Bonchev–Trinajstić information content (AvgIpc) is 2.27. The van der Waals surface area contributed by atoms with E-state index in [0.29, 0.717) is 12.5 Å². The number of carbonyl (C=O) groups excluding carboxylic acids is 1. The monoisotopic (exact) mass is 261 g/mol. The molecule has 0 spiro atoms. The third kappa shape index (κ3) is 2.97. The molecule has 2 unspecified atom stereocenters. The molecule has 0 saturated heterocycles. The molecule has 14 heavy (non-hydrogen) atoms. The van der Waals surface area contributed by atoms with E-state index in [1.807, 2.05) is 6.92 Å². The highest BCUT2D eigenvalue weighted by Gasteiger charge is 2.26. The normalized spacial score (nSPS) is 27.4. The number of carbonyl (C=O) groups is 1. The van der Waals surface area contributed by atoms with Crippen molar-refractivity contribution in [2.45, 2.75) is 58.4 Å². The molecular weight excluding hydrogens is 242 g/mol. The fourth-order valence-electron chi connectivity index (χ4n) is 2.19. The van der Waals surface area contributed by atoms with E-state index in [0.717, 1.165) is 12.3 Å². The molecule has 0 aromatic rings. The molecule has 1 fully saturated rings. The van der Waals surface area contributed by atoms with Crippen molar-refractivity contribution in [2.24, 2.45) is 5.92 Å². The minimum atomic E-state index is 0.215. The van der Waals surface area contributed by atoms with Gasteiger partial charge in [-0.05, 0) is 18.8 Å². The molecule has 3 heteroatoms. The molecule has 0 aliphatic heterocycles. The Bertz CT molecular complexity index is 196. The lowest BCUT2D eigenvalue weighted by Crippen LogP contribution is -2.35. The molecule has 1 rings (SSSR count). The molecule has 0 bridgehead atoms. The van der Waals surface area contributed by atoms with Crippen LogP contribution in [-0.4, -0.2) is 15.9 Å². The fourth-order valence-corrected chi connectivity index (χ4v) is 2.82. The van der Waals surface area contributed by atoms with Gasteiger partial charge in [-0.1, -0.05) is 33.1 Å². The van der Waals surface area contributed by atoms with Gasteiger partial charge in [0.05, 0.1) is 16.1 Å². The summed E-state index contributed by atoms with van der Waals surface area (Å²) in [6, 6.07) is 0.432. The van der Waals surface area contributed by atoms with E-state index >= 15 is 0 Å². The lowest BCUT2D eigenvalue weighted by atomic mass is 9.84. The molecule has 0 heterocycles. The maximum absolute atomic E-state index is 11.5. The van der Waals surface area contributed by atoms with Gasteiger partial charge in [-0.2, -0.15) is 0 Å². The minimum absolute atomic E-state index is 0.215. The largest absolute Gasteiger partial charge is 0.276 e. The van der Waals surface area contributed by atoms with Crippen LogP contribution in [-0.2, 0) is 4.79 Å². The summed E-state index contributed by atoms with van der Waals surface area (Å²) >= 11 is 3.41. The fraction of sp³-hybridized carbons (Fsp3) is 0.909. The highest BCUT2D eigenvalue weighted by atomic mass is 79.9. The number of hydrogen-bond donors (Lipinski definition) is 0. The van der Waals surface area contributed by atoms with Crippen LogP contribution in [0.1, 0.15) is 52.4 Å². The highest BCUT2D eigenvalue weighted by Crippen LogP contribution is 2.31. The number of nitrogens with zero attached hydrogens (tertiary/aromatic N) is 1. The maximum Gasteiger partial charge on any atom is 0.232 e. The molecule has 0 N–H and O–H groups in total. The van der Waals surface area contributed by atoms with Gasteiger partial charge < -0.3 is 0 Å². The van der Waals surface area contributed by atoms with E-state index in [-0.39, 0.29) is 5.91 Å². The first-order chi connectivity index (χ1) is 6.69. The molecule has 0 aromatic carbocycles. The van der Waals surface area contributed by atoms with Crippen LogP contribution in [0.3, 0.4) is 0 Å². The van der Waals surface area contributed by atoms with E-state index in [2.05, 4.69) is 23.1 Å². The van der Waals surface area contributed by atoms with Crippen molar-refractivity contribution in [3.8, 4) is 0 Å². The Morgan fingerprint density at radius 1 is 1.43 bits per heavy atom. The Balaban J connectivity index is 2.46. The molecule has 2 atom stereocenters. The van der Waals surface area contributed by atoms with Gasteiger partial charge in [0.2, 0.25) is 5.91 Å². The Kier molecular flexibility index (Phi) is 4.93. The third-order valence-corrected chi connectivity index (χ3v) is 4.17. The second-order valence-corrected chi connectivity index (χ2v) is 4.92. The van der Waals surface area contributed by atoms with E-state index in [9.17, 15) is 4.79 Å². The summed E-state index contributed by atoms with van der Waals surface area (Å²) in [6.07, 6.45) is 6.79. The van der Waals surface area contributed by atoms with Gasteiger partial charge in [0.25, 0.3) is 0 Å². The Labute approximate surface area is 95.4 Å². The molecule has 1 aliphatic carbocycles. The van der Waals surface area contributed by atoms with Crippen molar-refractivity contribution in [1.29, 1.82) is 0 Å². The van der Waals surface area contributed by atoms with Crippen LogP contribution in [0, 0.1) is 5.92 Å². The van der Waals surface area contributed by atoms with Gasteiger partial charge in [0.15, 0.2) is 0 Å². The molecule has 0 radical (unpaired) electrons. The van der Waals surface area contributed by atoms with Crippen LogP contribution in [0.5, 0.6) is 0 Å². The summed E-state index contributed by atoms with van der Waals surface area (Å²) in [7, 11) is 0. The summed E-state index contributed by atoms with van der Waals surface area (Å²) in [5.41, 5.74) is 0.